The summed E-state index contributed by atoms with van der Waals surface area (Å²) < 4.78 is 0. The highest BCUT2D eigenvalue weighted by Gasteiger charge is 2.37. The van der Waals surface area contributed by atoms with E-state index in [1.165, 1.54) is 51.6 Å². The summed E-state index contributed by atoms with van der Waals surface area (Å²) in [5.41, 5.74) is 0.552. The molecule has 1 unspecified atom stereocenters. The third-order valence-corrected chi connectivity index (χ3v) is 5.40. The summed E-state index contributed by atoms with van der Waals surface area (Å²) in [7, 11) is 0. The van der Waals surface area contributed by atoms with Crippen LogP contribution in [0.2, 0.25) is 0 Å². The number of hydrogen-bond acceptors (Lipinski definition) is 1. The Morgan fingerprint density at radius 3 is 2.67 bits per heavy atom. The monoisotopic (exact) mass is 253 g/mol. The Kier molecular flexibility index (Phi) is 6.70. The van der Waals surface area contributed by atoms with Crippen molar-refractivity contribution in [3.63, 3.8) is 0 Å². The molecule has 18 heavy (non-hydrogen) atoms. The molecular formula is C17H35N. The molecule has 0 bridgehead atoms. The molecule has 1 fully saturated rings. The van der Waals surface area contributed by atoms with Crippen LogP contribution in [0, 0.1) is 23.2 Å². The van der Waals surface area contributed by atoms with Gasteiger partial charge in [-0.25, -0.2) is 0 Å². The zero-order valence-corrected chi connectivity index (χ0v) is 13.4. The second kappa shape index (κ2) is 7.53. The summed E-state index contributed by atoms with van der Waals surface area (Å²) in [6.45, 7) is 14.5. The largest absolute Gasteiger partial charge is 0.316 e. The quantitative estimate of drug-likeness (QED) is 0.639. The van der Waals surface area contributed by atoms with Gasteiger partial charge >= 0.3 is 0 Å². The van der Waals surface area contributed by atoms with Crippen molar-refractivity contribution in [3.05, 3.63) is 0 Å². The number of rotatable bonds is 7. The van der Waals surface area contributed by atoms with E-state index in [1.807, 2.05) is 0 Å². The fourth-order valence-corrected chi connectivity index (χ4v) is 3.46. The summed E-state index contributed by atoms with van der Waals surface area (Å²) in [6, 6.07) is 0. The Balaban J connectivity index is 2.31. The number of hydrogen-bond donors (Lipinski definition) is 1. The molecule has 0 aromatic heterocycles. The van der Waals surface area contributed by atoms with Crippen LogP contribution < -0.4 is 5.32 Å². The molecule has 1 nitrogen and oxygen atoms in total. The first kappa shape index (κ1) is 16.0. The zero-order valence-electron chi connectivity index (χ0n) is 13.4. The van der Waals surface area contributed by atoms with Crippen molar-refractivity contribution in [2.24, 2.45) is 23.2 Å². The first-order valence-corrected chi connectivity index (χ1v) is 8.19. The summed E-state index contributed by atoms with van der Waals surface area (Å²) in [5.74, 6) is 2.66. The van der Waals surface area contributed by atoms with Crippen LogP contribution in [0.3, 0.4) is 0 Å². The molecule has 1 saturated carbocycles. The maximum atomic E-state index is 3.61. The standard InChI is InChI=1S/C17H35N/c1-6-7-11-18-13-14(2)12-16-10-8-9-15(3)17(16,4)5/h14-16,18H,6-13H2,1-5H3/t14-,15?,16+/m0/s1. The van der Waals surface area contributed by atoms with Crippen molar-refractivity contribution >= 4 is 0 Å². The SMILES string of the molecule is CCCCNC[C@@H](C)C[C@H]1CCCC(C)C1(C)C. The molecule has 108 valence electrons. The predicted molar refractivity (Wildman–Crippen MR) is 81.8 cm³/mol. The van der Waals surface area contributed by atoms with Gasteiger partial charge in [0.25, 0.3) is 0 Å². The average Bonchev–Trinajstić information content (AvgIpc) is 2.31. The van der Waals surface area contributed by atoms with Crippen LogP contribution in [-0.2, 0) is 0 Å². The molecule has 0 aromatic carbocycles. The molecule has 1 N–H and O–H groups in total. The summed E-state index contributed by atoms with van der Waals surface area (Å²) in [4.78, 5) is 0. The van der Waals surface area contributed by atoms with E-state index in [9.17, 15) is 0 Å². The lowest BCUT2D eigenvalue weighted by Gasteiger charge is -2.45. The van der Waals surface area contributed by atoms with Gasteiger partial charge in [-0.2, -0.15) is 0 Å². The normalized spacial score (nSPS) is 29.2. The first-order chi connectivity index (χ1) is 8.48. The molecule has 0 radical (unpaired) electrons. The Bertz CT molecular complexity index is 222. The molecule has 1 aliphatic carbocycles. The minimum Gasteiger partial charge on any atom is -0.316 e. The van der Waals surface area contributed by atoms with Crippen LogP contribution in [0.1, 0.15) is 73.1 Å². The molecule has 0 saturated heterocycles. The number of nitrogens with one attached hydrogen (secondary N) is 1. The van der Waals surface area contributed by atoms with Crippen LogP contribution in [-0.4, -0.2) is 13.1 Å². The van der Waals surface area contributed by atoms with E-state index < -0.39 is 0 Å². The molecule has 0 spiro atoms. The lowest BCUT2D eigenvalue weighted by atomic mass is 9.61. The maximum Gasteiger partial charge on any atom is -0.00230 e. The van der Waals surface area contributed by atoms with Crippen molar-refractivity contribution in [1.82, 2.24) is 5.32 Å². The molecule has 0 aliphatic heterocycles. The fourth-order valence-electron chi connectivity index (χ4n) is 3.46. The van der Waals surface area contributed by atoms with Crippen LogP contribution in [0.25, 0.3) is 0 Å². The molecule has 3 atom stereocenters. The molecule has 0 aromatic rings. The summed E-state index contributed by atoms with van der Waals surface area (Å²) >= 11 is 0. The minimum absolute atomic E-state index is 0.552. The van der Waals surface area contributed by atoms with Gasteiger partial charge in [0.05, 0.1) is 0 Å². The predicted octanol–water partition coefficient (Wildman–Crippen LogP) is 4.86. The van der Waals surface area contributed by atoms with E-state index in [-0.39, 0.29) is 0 Å². The molecule has 0 heterocycles. The van der Waals surface area contributed by atoms with Gasteiger partial charge in [0.1, 0.15) is 0 Å². The van der Waals surface area contributed by atoms with E-state index in [1.54, 1.807) is 0 Å². The summed E-state index contributed by atoms with van der Waals surface area (Å²) in [6.07, 6.45) is 8.37. The van der Waals surface area contributed by atoms with E-state index in [2.05, 4.69) is 39.9 Å². The average molecular weight is 253 g/mol. The Hall–Kier alpha value is -0.0400. The third kappa shape index (κ3) is 4.57. The Labute approximate surface area is 115 Å². The minimum atomic E-state index is 0.552. The van der Waals surface area contributed by atoms with Gasteiger partial charge in [-0.15, -0.1) is 0 Å². The zero-order chi connectivity index (χ0) is 13.6. The Morgan fingerprint density at radius 2 is 2.00 bits per heavy atom. The van der Waals surface area contributed by atoms with E-state index in [4.69, 9.17) is 0 Å². The highest BCUT2D eigenvalue weighted by molar-refractivity contribution is 4.88. The smallest absolute Gasteiger partial charge is 0.00230 e. The van der Waals surface area contributed by atoms with Gasteiger partial charge in [0.15, 0.2) is 0 Å². The van der Waals surface area contributed by atoms with Crippen LogP contribution >= 0.6 is 0 Å². The molecule has 0 amide bonds. The highest BCUT2D eigenvalue weighted by atomic mass is 14.8. The van der Waals surface area contributed by atoms with E-state index >= 15 is 0 Å². The Morgan fingerprint density at radius 1 is 1.28 bits per heavy atom. The fraction of sp³-hybridized carbons (Fsp3) is 1.00. The molecule has 1 rings (SSSR count). The molecule has 1 aliphatic rings. The van der Waals surface area contributed by atoms with Gasteiger partial charge in [-0.1, -0.05) is 53.9 Å². The number of unbranched alkanes of at least 4 members (excludes halogenated alkanes) is 1. The van der Waals surface area contributed by atoms with Crippen LogP contribution in [0.15, 0.2) is 0 Å². The molecule has 1 heteroatoms. The summed E-state index contributed by atoms with van der Waals surface area (Å²) in [5, 5.41) is 3.61. The van der Waals surface area contributed by atoms with Crippen LogP contribution in [0.4, 0.5) is 0 Å². The van der Waals surface area contributed by atoms with Crippen molar-refractivity contribution in [1.29, 1.82) is 0 Å². The molecular weight excluding hydrogens is 218 g/mol. The lowest BCUT2D eigenvalue weighted by molar-refractivity contribution is 0.0545. The second-order valence-corrected chi connectivity index (χ2v) is 7.25. The van der Waals surface area contributed by atoms with Crippen LogP contribution in [0.5, 0.6) is 0 Å². The third-order valence-electron chi connectivity index (χ3n) is 5.40. The second-order valence-electron chi connectivity index (χ2n) is 7.25. The first-order valence-electron chi connectivity index (χ1n) is 8.19. The maximum absolute atomic E-state index is 3.61. The highest BCUT2D eigenvalue weighted by Crippen LogP contribution is 2.47. The van der Waals surface area contributed by atoms with Gasteiger partial charge in [-0.3, -0.25) is 0 Å². The van der Waals surface area contributed by atoms with Gasteiger partial charge in [0, 0.05) is 0 Å². The van der Waals surface area contributed by atoms with Crippen molar-refractivity contribution < 1.29 is 0 Å². The van der Waals surface area contributed by atoms with E-state index in [0.717, 1.165) is 17.8 Å². The lowest BCUT2D eigenvalue weighted by Crippen LogP contribution is -2.37. The van der Waals surface area contributed by atoms with Crippen molar-refractivity contribution in [3.8, 4) is 0 Å². The van der Waals surface area contributed by atoms with Gasteiger partial charge < -0.3 is 5.32 Å². The topological polar surface area (TPSA) is 12.0 Å². The van der Waals surface area contributed by atoms with Gasteiger partial charge in [0.2, 0.25) is 0 Å². The van der Waals surface area contributed by atoms with E-state index in [0.29, 0.717) is 5.41 Å². The van der Waals surface area contributed by atoms with Gasteiger partial charge in [-0.05, 0) is 55.5 Å². The van der Waals surface area contributed by atoms with Crippen molar-refractivity contribution in [2.45, 2.75) is 73.1 Å². The van der Waals surface area contributed by atoms with Crippen molar-refractivity contribution in [2.75, 3.05) is 13.1 Å².